The highest BCUT2D eigenvalue weighted by Crippen LogP contribution is 2.13. The summed E-state index contributed by atoms with van der Waals surface area (Å²) in [4.78, 5) is 11.2. The zero-order valence-corrected chi connectivity index (χ0v) is 10.8. The van der Waals surface area contributed by atoms with Crippen LogP contribution in [-0.2, 0) is 4.74 Å². The van der Waals surface area contributed by atoms with Crippen LogP contribution in [0.3, 0.4) is 0 Å². The SMILES string of the molecule is COC(=O)c1ccc(OCC(O)CNCCO)cc1. The molecular weight excluding hydrogens is 250 g/mol. The van der Waals surface area contributed by atoms with E-state index < -0.39 is 12.1 Å². The quantitative estimate of drug-likeness (QED) is 0.447. The maximum absolute atomic E-state index is 11.2. The Morgan fingerprint density at radius 3 is 2.63 bits per heavy atom. The lowest BCUT2D eigenvalue weighted by atomic mass is 10.2. The van der Waals surface area contributed by atoms with Crippen molar-refractivity contribution in [2.45, 2.75) is 6.10 Å². The van der Waals surface area contributed by atoms with E-state index in [1.165, 1.54) is 7.11 Å². The van der Waals surface area contributed by atoms with E-state index >= 15 is 0 Å². The smallest absolute Gasteiger partial charge is 0.337 e. The predicted octanol–water partition coefficient (Wildman–Crippen LogP) is -0.205. The van der Waals surface area contributed by atoms with Crippen LogP contribution in [0.15, 0.2) is 24.3 Å². The molecule has 1 unspecified atom stereocenters. The molecule has 0 aliphatic heterocycles. The summed E-state index contributed by atoms with van der Waals surface area (Å²) in [5.74, 6) is 0.161. The van der Waals surface area contributed by atoms with Gasteiger partial charge in [-0.1, -0.05) is 0 Å². The van der Waals surface area contributed by atoms with Crippen molar-refractivity contribution >= 4 is 5.97 Å². The molecule has 19 heavy (non-hydrogen) atoms. The molecule has 106 valence electrons. The molecule has 0 radical (unpaired) electrons. The third-order valence-electron chi connectivity index (χ3n) is 2.39. The summed E-state index contributed by atoms with van der Waals surface area (Å²) in [6.45, 7) is 0.949. The maximum Gasteiger partial charge on any atom is 0.337 e. The van der Waals surface area contributed by atoms with E-state index in [1.807, 2.05) is 0 Å². The minimum Gasteiger partial charge on any atom is -0.491 e. The van der Waals surface area contributed by atoms with Crippen molar-refractivity contribution in [2.24, 2.45) is 0 Å². The lowest BCUT2D eigenvalue weighted by Crippen LogP contribution is -2.32. The van der Waals surface area contributed by atoms with Crippen molar-refractivity contribution in [3.63, 3.8) is 0 Å². The Bertz CT molecular complexity index is 379. The summed E-state index contributed by atoms with van der Waals surface area (Å²) in [7, 11) is 1.32. The third kappa shape index (κ3) is 5.69. The fourth-order valence-electron chi connectivity index (χ4n) is 1.40. The highest BCUT2D eigenvalue weighted by atomic mass is 16.5. The lowest BCUT2D eigenvalue weighted by molar-refractivity contribution is 0.0600. The van der Waals surface area contributed by atoms with Gasteiger partial charge in [0.1, 0.15) is 18.5 Å². The van der Waals surface area contributed by atoms with E-state index in [9.17, 15) is 9.90 Å². The fourth-order valence-corrected chi connectivity index (χ4v) is 1.40. The van der Waals surface area contributed by atoms with Gasteiger partial charge in [0.2, 0.25) is 0 Å². The highest BCUT2D eigenvalue weighted by Gasteiger charge is 2.07. The molecule has 0 fully saturated rings. The molecule has 1 aromatic carbocycles. The van der Waals surface area contributed by atoms with E-state index in [0.717, 1.165) is 0 Å². The topological polar surface area (TPSA) is 88.0 Å². The number of hydrogen-bond acceptors (Lipinski definition) is 6. The van der Waals surface area contributed by atoms with Crippen molar-refractivity contribution < 1.29 is 24.5 Å². The number of aliphatic hydroxyl groups is 2. The number of aliphatic hydroxyl groups excluding tert-OH is 2. The van der Waals surface area contributed by atoms with E-state index in [4.69, 9.17) is 9.84 Å². The summed E-state index contributed by atoms with van der Waals surface area (Å²) in [5, 5.41) is 21.0. The molecule has 0 spiro atoms. The van der Waals surface area contributed by atoms with Crippen molar-refractivity contribution in [3.8, 4) is 5.75 Å². The summed E-state index contributed by atoms with van der Waals surface area (Å²) in [5.41, 5.74) is 0.444. The molecule has 6 heteroatoms. The van der Waals surface area contributed by atoms with Gasteiger partial charge in [0.15, 0.2) is 0 Å². The molecule has 0 aromatic heterocycles. The standard InChI is InChI=1S/C13H19NO5/c1-18-13(17)10-2-4-12(5-3-10)19-9-11(16)8-14-6-7-15/h2-5,11,14-16H,6-9H2,1H3. The fraction of sp³-hybridized carbons (Fsp3) is 0.462. The Hall–Kier alpha value is -1.63. The molecule has 0 aliphatic carbocycles. The van der Waals surface area contributed by atoms with Crippen molar-refractivity contribution in [3.05, 3.63) is 29.8 Å². The molecule has 0 bridgehead atoms. The molecule has 0 heterocycles. The van der Waals surface area contributed by atoms with Crippen LogP contribution in [0.25, 0.3) is 0 Å². The van der Waals surface area contributed by atoms with E-state index in [1.54, 1.807) is 24.3 Å². The number of carbonyl (C=O) groups excluding carboxylic acids is 1. The minimum atomic E-state index is -0.660. The first-order valence-electron chi connectivity index (χ1n) is 5.98. The van der Waals surface area contributed by atoms with Gasteiger partial charge < -0.3 is 25.0 Å². The molecule has 0 aliphatic rings. The van der Waals surface area contributed by atoms with Gasteiger partial charge >= 0.3 is 5.97 Å². The maximum atomic E-state index is 11.2. The Morgan fingerprint density at radius 1 is 1.37 bits per heavy atom. The first kappa shape index (κ1) is 15.4. The number of carbonyl (C=O) groups is 1. The minimum absolute atomic E-state index is 0.0303. The lowest BCUT2D eigenvalue weighted by Gasteiger charge is -2.13. The van der Waals surface area contributed by atoms with Gasteiger partial charge in [0.05, 0.1) is 19.3 Å². The molecule has 1 rings (SSSR count). The summed E-state index contributed by atoms with van der Waals surface area (Å²) in [6, 6.07) is 6.47. The van der Waals surface area contributed by atoms with Crippen LogP contribution in [0.2, 0.25) is 0 Å². The highest BCUT2D eigenvalue weighted by molar-refractivity contribution is 5.89. The molecule has 0 amide bonds. The Morgan fingerprint density at radius 2 is 2.05 bits per heavy atom. The van der Waals surface area contributed by atoms with Crippen molar-refractivity contribution in [1.82, 2.24) is 5.32 Å². The van der Waals surface area contributed by atoms with Crippen LogP contribution < -0.4 is 10.1 Å². The van der Waals surface area contributed by atoms with Crippen LogP contribution in [0.4, 0.5) is 0 Å². The molecule has 3 N–H and O–H groups in total. The number of rotatable bonds is 8. The number of methoxy groups -OCH3 is 1. The molecule has 0 saturated carbocycles. The van der Waals surface area contributed by atoms with Crippen LogP contribution in [-0.4, -0.2) is 55.7 Å². The van der Waals surface area contributed by atoms with Gasteiger partial charge in [-0.25, -0.2) is 4.79 Å². The molecule has 1 atom stereocenters. The van der Waals surface area contributed by atoms with Crippen molar-refractivity contribution in [2.75, 3.05) is 33.4 Å². The second-order valence-corrected chi connectivity index (χ2v) is 3.91. The summed E-state index contributed by atoms with van der Waals surface area (Å²) in [6.07, 6.45) is -0.660. The largest absolute Gasteiger partial charge is 0.491 e. The van der Waals surface area contributed by atoms with Gasteiger partial charge in [-0.05, 0) is 24.3 Å². The normalized spacial score (nSPS) is 11.9. The Balaban J connectivity index is 2.35. The zero-order valence-electron chi connectivity index (χ0n) is 10.8. The Labute approximate surface area is 112 Å². The van der Waals surface area contributed by atoms with Gasteiger partial charge in [0, 0.05) is 13.1 Å². The van der Waals surface area contributed by atoms with Gasteiger partial charge in [0.25, 0.3) is 0 Å². The van der Waals surface area contributed by atoms with Gasteiger partial charge in [-0.2, -0.15) is 0 Å². The number of esters is 1. The molecule has 0 saturated heterocycles. The van der Waals surface area contributed by atoms with Crippen LogP contribution in [0.5, 0.6) is 5.75 Å². The van der Waals surface area contributed by atoms with E-state index in [2.05, 4.69) is 10.1 Å². The second kappa shape index (κ2) is 8.47. The van der Waals surface area contributed by atoms with E-state index in [-0.39, 0.29) is 13.2 Å². The first-order valence-corrected chi connectivity index (χ1v) is 5.98. The third-order valence-corrected chi connectivity index (χ3v) is 2.39. The second-order valence-electron chi connectivity index (χ2n) is 3.91. The molecule has 6 nitrogen and oxygen atoms in total. The van der Waals surface area contributed by atoms with Gasteiger partial charge in [-0.15, -0.1) is 0 Å². The average Bonchev–Trinajstić information content (AvgIpc) is 2.45. The van der Waals surface area contributed by atoms with Crippen molar-refractivity contribution in [1.29, 1.82) is 0 Å². The number of ether oxygens (including phenoxy) is 2. The predicted molar refractivity (Wildman–Crippen MR) is 69.2 cm³/mol. The van der Waals surface area contributed by atoms with Crippen LogP contribution in [0, 0.1) is 0 Å². The van der Waals surface area contributed by atoms with Crippen LogP contribution in [0.1, 0.15) is 10.4 Å². The first-order chi connectivity index (χ1) is 9.17. The number of nitrogens with one attached hydrogen (secondary N) is 1. The van der Waals surface area contributed by atoms with Crippen LogP contribution >= 0.6 is 0 Å². The van der Waals surface area contributed by atoms with Gasteiger partial charge in [-0.3, -0.25) is 0 Å². The molecular formula is C13H19NO5. The van der Waals surface area contributed by atoms with E-state index in [0.29, 0.717) is 24.4 Å². The number of hydrogen-bond donors (Lipinski definition) is 3. The number of benzene rings is 1. The summed E-state index contributed by atoms with van der Waals surface area (Å²) >= 11 is 0. The monoisotopic (exact) mass is 269 g/mol. The average molecular weight is 269 g/mol. The zero-order chi connectivity index (χ0) is 14.1. The Kier molecular flexibility index (Phi) is 6.88. The molecule has 1 aromatic rings. The summed E-state index contributed by atoms with van der Waals surface area (Å²) < 4.78 is 9.94.